The second kappa shape index (κ2) is 6.58. The molecule has 0 aromatic heterocycles. The zero-order valence-electron chi connectivity index (χ0n) is 11.2. The van der Waals surface area contributed by atoms with Crippen LogP contribution in [0.1, 0.15) is 18.9 Å². The van der Waals surface area contributed by atoms with Crippen LogP contribution < -0.4 is 10.5 Å². The van der Waals surface area contributed by atoms with Crippen LogP contribution in [0.15, 0.2) is 17.0 Å². The number of hydrogen-bond acceptors (Lipinski definition) is 4. The number of nitrogens with one attached hydrogen (secondary N) is 1. The molecule has 1 aromatic rings. The third-order valence-electron chi connectivity index (χ3n) is 2.72. The van der Waals surface area contributed by atoms with Crippen LogP contribution in [0.2, 0.25) is 0 Å². The van der Waals surface area contributed by atoms with E-state index in [0.717, 1.165) is 17.9 Å². The van der Waals surface area contributed by atoms with Crippen LogP contribution in [0.25, 0.3) is 0 Å². The number of thioether (sulfide) groups is 1. The molecule has 1 rings (SSSR count). The van der Waals surface area contributed by atoms with E-state index in [9.17, 15) is 12.8 Å². The van der Waals surface area contributed by atoms with Gasteiger partial charge in [-0.1, -0.05) is 0 Å². The summed E-state index contributed by atoms with van der Waals surface area (Å²) in [6.45, 7) is 3.38. The van der Waals surface area contributed by atoms with Gasteiger partial charge in [0.1, 0.15) is 10.7 Å². The molecule has 0 saturated heterocycles. The summed E-state index contributed by atoms with van der Waals surface area (Å²) in [5, 5.41) is 0. The largest absolute Gasteiger partial charge is 0.398 e. The summed E-state index contributed by atoms with van der Waals surface area (Å²) in [7, 11) is -3.87. The standard InChI is InChI=1S/C12H19FN2O2S2/c1-8-6-10(13)12(7-11(8)14)19(16,17)15-9(2)4-5-18-3/h6-7,9,15H,4-5,14H2,1-3H3. The maximum Gasteiger partial charge on any atom is 0.243 e. The normalized spacial score (nSPS) is 13.5. The molecule has 0 aliphatic heterocycles. The maximum atomic E-state index is 13.7. The molecule has 0 heterocycles. The first-order valence-corrected chi connectivity index (χ1v) is 8.72. The average molecular weight is 306 g/mol. The highest BCUT2D eigenvalue weighted by atomic mass is 32.2. The summed E-state index contributed by atoms with van der Waals surface area (Å²) in [5.41, 5.74) is 6.42. The molecule has 0 amide bonds. The predicted octanol–water partition coefficient (Wildman–Crippen LogP) is 2.14. The molecular weight excluding hydrogens is 287 g/mol. The van der Waals surface area contributed by atoms with Gasteiger partial charge in [0.25, 0.3) is 0 Å². The Kier molecular flexibility index (Phi) is 5.64. The Hall–Kier alpha value is -0.790. The monoisotopic (exact) mass is 306 g/mol. The van der Waals surface area contributed by atoms with Gasteiger partial charge in [0.2, 0.25) is 10.0 Å². The number of sulfonamides is 1. The van der Waals surface area contributed by atoms with Crippen molar-refractivity contribution in [2.45, 2.75) is 31.2 Å². The molecule has 1 aromatic carbocycles. The number of benzene rings is 1. The van der Waals surface area contributed by atoms with E-state index >= 15 is 0 Å². The quantitative estimate of drug-likeness (QED) is 0.790. The molecule has 0 fully saturated rings. The SMILES string of the molecule is CSCCC(C)NS(=O)(=O)c1cc(N)c(C)cc1F. The molecule has 1 atom stereocenters. The van der Waals surface area contributed by atoms with Crippen LogP contribution in [0.5, 0.6) is 0 Å². The summed E-state index contributed by atoms with van der Waals surface area (Å²) >= 11 is 1.63. The lowest BCUT2D eigenvalue weighted by atomic mass is 10.2. The van der Waals surface area contributed by atoms with Gasteiger partial charge < -0.3 is 5.73 Å². The van der Waals surface area contributed by atoms with Crippen LogP contribution in [-0.4, -0.2) is 26.5 Å². The average Bonchev–Trinajstić information content (AvgIpc) is 2.30. The Morgan fingerprint density at radius 2 is 2.11 bits per heavy atom. The highest BCUT2D eigenvalue weighted by Crippen LogP contribution is 2.21. The van der Waals surface area contributed by atoms with Crippen molar-refractivity contribution in [3.63, 3.8) is 0 Å². The lowest BCUT2D eigenvalue weighted by Gasteiger charge is -2.15. The number of nitrogens with two attached hydrogens (primary N) is 1. The van der Waals surface area contributed by atoms with Crippen molar-refractivity contribution >= 4 is 27.5 Å². The molecule has 7 heteroatoms. The first kappa shape index (κ1) is 16.3. The first-order chi connectivity index (χ1) is 8.77. The Morgan fingerprint density at radius 3 is 2.68 bits per heavy atom. The number of anilines is 1. The molecule has 4 nitrogen and oxygen atoms in total. The zero-order chi connectivity index (χ0) is 14.6. The summed E-state index contributed by atoms with van der Waals surface area (Å²) in [6, 6.07) is 2.05. The lowest BCUT2D eigenvalue weighted by molar-refractivity contribution is 0.540. The molecule has 0 bridgehead atoms. The molecule has 0 saturated carbocycles. The minimum Gasteiger partial charge on any atom is -0.398 e. The maximum absolute atomic E-state index is 13.7. The number of rotatable bonds is 6. The van der Waals surface area contributed by atoms with Gasteiger partial charge in [0, 0.05) is 11.7 Å². The third-order valence-corrected chi connectivity index (χ3v) is 4.97. The van der Waals surface area contributed by atoms with Crippen molar-refractivity contribution in [1.29, 1.82) is 0 Å². The number of aryl methyl sites for hydroxylation is 1. The summed E-state index contributed by atoms with van der Waals surface area (Å²) in [5.74, 6) is 0.0543. The molecule has 1 unspecified atom stereocenters. The van der Waals surface area contributed by atoms with Gasteiger partial charge in [-0.3, -0.25) is 0 Å². The van der Waals surface area contributed by atoms with Crippen molar-refractivity contribution in [2.24, 2.45) is 0 Å². The summed E-state index contributed by atoms with van der Waals surface area (Å²) in [4.78, 5) is -0.397. The minimum absolute atomic E-state index is 0.251. The van der Waals surface area contributed by atoms with Gasteiger partial charge in [0.15, 0.2) is 0 Å². The number of halogens is 1. The van der Waals surface area contributed by atoms with Crippen molar-refractivity contribution < 1.29 is 12.8 Å². The van der Waals surface area contributed by atoms with Crippen molar-refractivity contribution in [3.8, 4) is 0 Å². The smallest absolute Gasteiger partial charge is 0.243 e. The van der Waals surface area contributed by atoms with Crippen LogP contribution in [0.4, 0.5) is 10.1 Å². The van der Waals surface area contributed by atoms with Gasteiger partial charge in [-0.05, 0) is 50.0 Å². The van der Waals surface area contributed by atoms with Crippen molar-refractivity contribution in [1.82, 2.24) is 4.72 Å². The van der Waals surface area contributed by atoms with E-state index < -0.39 is 20.7 Å². The second-order valence-corrected chi connectivity index (χ2v) is 7.11. The molecular formula is C12H19FN2O2S2. The third kappa shape index (κ3) is 4.36. The van der Waals surface area contributed by atoms with Crippen molar-refractivity contribution in [3.05, 3.63) is 23.5 Å². The molecule has 0 radical (unpaired) electrons. The van der Waals surface area contributed by atoms with E-state index in [0.29, 0.717) is 12.0 Å². The number of hydrogen-bond donors (Lipinski definition) is 2. The fourth-order valence-electron chi connectivity index (χ4n) is 1.56. The van der Waals surface area contributed by atoms with Crippen LogP contribution in [-0.2, 0) is 10.0 Å². The predicted molar refractivity (Wildman–Crippen MR) is 78.3 cm³/mol. The first-order valence-electron chi connectivity index (χ1n) is 5.85. The Balaban J connectivity index is 2.98. The van der Waals surface area contributed by atoms with Crippen LogP contribution in [0, 0.1) is 12.7 Å². The molecule has 19 heavy (non-hydrogen) atoms. The number of nitrogen functional groups attached to an aromatic ring is 1. The van der Waals surface area contributed by atoms with Crippen LogP contribution >= 0.6 is 11.8 Å². The van der Waals surface area contributed by atoms with Crippen LogP contribution in [0.3, 0.4) is 0 Å². The summed E-state index contributed by atoms with van der Waals surface area (Å²) < 4.78 is 40.4. The van der Waals surface area contributed by atoms with Gasteiger partial charge >= 0.3 is 0 Å². The highest BCUT2D eigenvalue weighted by molar-refractivity contribution is 7.98. The second-order valence-electron chi connectivity index (χ2n) is 4.44. The Morgan fingerprint density at radius 1 is 1.47 bits per heavy atom. The van der Waals surface area contributed by atoms with E-state index in [-0.39, 0.29) is 11.7 Å². The molecule has 108 valence electrons. The Bertz CT molecular complexity index is 547. The van der Waals surface area contributed by atoms with Gasteiger partial charge in [0.05, 0.1) is 0 Å². The van der Waals surface area contributed by atoms with E-state index in [1.54, 1.807) is 25.6 Å². The van der Waals surface area contributed by atoms with E-state index in [1.165, 1.54) is 0 Å². The van der Waals surface area contributed by atoms with Gasteiger partial charge in [-0.15, -0.1) is 0 Å². The molecule has 0 aliphatic carbocycles. The van der Waals surface area contributed by atoms with Gasteiger partial charge in [-0.2, -0.15) is 11.8 Å². The fourth-order valence-corrected chi connectivity index (χ4v) is 3.52. The fraction of sp³-hybridized carbons (Fsp3) is 0.500. The highest BCUT2D eigenvalue weighted by Gasteiger charge is 2.22. The minimum atomic E-state index is -3.87. The zero-order valence-corrected chi connectivity index (χ0v) is 12.9. The van der Waals surface area contributed by atoms with E-state index in [1.807, 2.05) is 6.26 Å². The molecule has 3 N–H and O–H groups in total. The lowest BCUT2D eigenvalue weighted by Crippen LogP contribution is -2.33. The van der Waals surface area contributed by atoms with Gasteiger partial charge in [-0.25, -0.2) is 17.5 Å². The summed E-state index contributed by atoms with van der Waals surface area (Å²) in [6.07, 6.45) is 2.63. The molecule has 0 aliphatic rings. The van der Waals surface area contributed by atoms with Crippen molar-refractivity contribution in [2.75, 3.05) is 17.7 Å². The Labute approximate surface area is 118 Å². The topological polar surface area (TPSA) is 72.2 Å². The molecule has 0 spiro atoms. The van der Waals surface area contributed by atoms with E-state index in [2.05, 4.69) is 4.72 Å². The van der Waals surface area contributed by atoms with E-state index in [4.69, 9.17) is 5.73 Å².